The molecule has 1 aliphatic carbocycles. The highest BCUT2D eigenvalue weighted by molar-refractivity contribution is 5.15. The Morgan fingerprint density at radius 2 is 2.27 bits per heavy atom. The van der Waals surface area contributed by atoms with Gasteiger partial charge in [0.15, 0.2) is 0 Å². The standard InChI is InChI=1S/C12H18O3/c1-2-15-12(6-3-4-7-12)11(13)10-5-8-14-9-10/h5,8-9,11,13H,2-4,6-7H2,1H3. The van der Waals surface area contributed by atoms with E-state index in [-0.39, 0.29) is 5.60 Å². The molecule has 3 nitrogen and oxygen atoms in total. The van der Waals surface area contributed by atoms with Crippen LogP contribution in [0.15, 0.2) is 23.0 Å². The summed E-state index contributed by atoms with van der Waals surface area (Å²) in [7, 11) is 0. The zero-order valence-corrected chi connectivity index (χ0v) is 9.11. The summed E-state index contributed by atoms with van der Waals surface area (Å²) in [6.07, 6.45) is 6.78. The monoisotopic (exact) mass is 210 g/mol. The molecule has 0 bridgehead atoms. The Balaban J connectivity index is 2.17. The summed E-state index contributed by atoms with van der Waals surface area (Å²) in [6.45, 7) is 2.62. The Labute approximate surface area is 90.0 Å². The van der Waals surface area contributed by atoms with Crippen LogP contribution in [-0.4, -0.2) is 17.3 Å². The van der Waals surface area contributed by atoms with Crippen molar-refractivity contribution in [3.63, 3.8) is 0 Å². The highest BCUT2D eigenvalue weighted by Crippen LogP contribution is 2.42. The van der Waals surface area contributed by atoms with Crippen molar-refractivity contribution in [2.75, 3.05) is 6.61 Å². The average molecular weight is 210 g/mol. The van der Waals surface area contributed by atoms with Crippen LogP contribution in [0, 0.1) is 0 Å². The number of aliphatic hydroxyl groups excluding tert-OH is 1. The first kappa shape index (κ1) is 10.7. The molecule has 15 heavy (non-hydrogen) atoms. The topological polar surface area (TPSA) is 42.6 Å². The molecule has 1 aromatic heterocycles. The van der Waals surface area contributed by atoms with E-state index in [1.807, 2.05) is 13.0 Å². The molecular formula is C12H18O3. The minimum atomic E-state index is -0.557. The summed E-state index contributed by atoms with van der Waals surface area (Å²) in [5.41, 5.74) is 0.448. The molecule has 2 rings (SSSR count). The zero-order chi connectivity index (χ0) is 10.7. The van der Waals surface area contributed by atoms with E-state index in [0.717, 1.165) is 31.2 Å². The van der Waals surface area contributed by atoms with Crippen molar-refractivity contribution in [2.45, 2.75) is 44.3 Å². The maximum Gasteiger partial charge on any atom is 0.111 e. The molecule has 0 aliphatic heterocycles. The first-order chi connectivity index (χ1) is 7.28. The molecule has 1 fully saturated rings. The molecule has 1 saturated carbocycles. The first-order valence-corrected chi connectivity index (χ1v) is 5.62. The molecule has 0 radical (unpaired) electrons. The summed E-state index contributed by atoms with van der Waals surface area (Å²) in [6, 6.07) is 1.81. The molecule has 1 unspecified atom stereocenters. The Hall–Kier alpha value is -0.800. The van der Waals surface area contributed by atoms with E-state index in [0.29, 0.717) is 6.61 Å². The van der Waals surface area contributed by atoms with Gasteiger partial charge in [0.2, 0.25) is 0 Å². The SMILES string of the molecule is CCOC1(C(O)c2ccoc2)CCCC1. The van der Waals surface area contributed by atoms with Crippen LogP contribution in [0.5, 0.6) is 0 Å². The van der Waals surface area contributed by atoms with Gasteiger partial charge in [0.25, 0.3) is 0 Å². The number of hydrogen-bond acceptors (Lipinski definition) is 3. The normalized spacial score (nSPS) is 21.7. The van der Waals surface area contributed by atoms with E-state index >= 15 is 0 Å². The molecule has 84 valence electrons. The Morgan fingerprint density at radius 1 is 1.53 bits per heavy atom. The maximum atomic E-state index is 10.3. The second kappa shape index (κ2) is 4.37. The molecule has 3 heteroatoms. The van der Waals surface area contributed by atoms with E-state index in [1.165, 1.54) is 0 Å². The molecular weight excluding hydrogens is 192 g/mol. The molecule has 1 heterocycles. The molecule has 1 atom stereocenters. The predicted octanol–water partition coefficient (Wildman–Crippen LogP) is 2.66. The number of aliphatic hydroxyl groups is 1. The molecule has 0 saturated heterocycles. The van der Waals surface area contributed by atoms with Crippen molar-refractivity contribution in [1.29, 1.82) is 0 Å². The second-order valence-corrected chi connectivity index (χ2v) is 4.16. The van der Waals surface area contributed by atoms with Gasteiger partial charge < -0.3 is 14.3 Å². The van der Waals surface area contributed by atoms with Gasteiger partial charge in [-0.2, -0.15) is 0 Å². The van der Waals surface area contributed by atoms with Gasteiger partial charge in [-0.05, 0) is 25.8 Å². The molecule has 1 N–H and O–H groups in total. The van der Waals surface area contributed by atoms with E-state index in [2.05, 4.69) is 0 Å². The van der Waals surface area contributed by atoms with Gasteiger partial charge in [0, 0.05) is 12.2 Å². The lowest BCUT2D eigenvalue weighted by atomic mass is 9.90. The van der Waals surface area contributed by atoms with E-state index in [4.69, 9.17) is 9.15 Å². The van der Waals surface area contributed by atoms with Crippen molar-refractivity contribution >= 4 is 0 Å². The third-order valence-electron chi connectivity index (χ3n) is 3.24. The van der Waals surface area contributed by atoms with Crippen LogP contribution in [0.2, 0.25) is 0 Å². The van der Waals surface area contributed by atoms with Gasteiger partial charge in [-0.25, -0.2) is 0 Å². The molecule has 1 aromatic rings. The van der Waals surface area contributed by atoms with Crippen molar-refractivity contribution in [3.8, 4) is 0 Å². The summed E-state index contributed by atoms with van der Waals surface area (Å²) >= 11 is 0. The maximum absolute atomic E-state index is 10.3. The van der Waals surface area contributed by atoms with Crippen molar-refractivity contribution < 1.29 is 14.3 Å². The minimum Gasteiger partial charge on any atom is -0.472 e. The van der Waals surface area contributed by atoms with Crippen molar-refractivity contribution in [3.05, 3.63) is 24.2 Å². The lowest BCUT2D eigenvalue weighted by molar-refractivity contribution is -0.118. The third kappa shape index (κ3) is 1.94. The minimum absolute atomic E-state index is 0.376. The van der Waals surface area contributed by atoms with Crippen LogP contribution in [0.4, 0.5) is 0 Å². The number of ether oxygens (including phenoxy) is 1. The molecule has 1 aliphatic rings. The largest absolute Gasteiger partial charge is 0.472 e. The fraction of sp³-hybridized carbons (Fsp3) is 0.667. The Morgan fingerprint density at radius 3 is 2.80 bits per heavy atom. The quantitative estimate of drug-likeness (QED) is 0.830. The average Bonchev–Trinajstić information content (AvgIpc) is 2.88. The lowest BCUT2D eigenvalue weighted by Gasteiger charge is -2.33. The fourth-order valence-corrected chi connectivity index (χ4v) is 2.49. The Bertz CT molecular complexity index is 286. The molecule has 0 spiro atoms. The van der Waals surface area contributed by atoms with Gasteiger partial charge in [-0.15, -0.1) is 0 Å². The van der Waals surface area contributed by atoms with Crippen LogP contribution in [0.1, 0.15) is 44.3 Å². The molecule has 0 aromatic carbocycles. The molecule has 0 amide bonds. The van der Waals surface area contributed by atoms with Crippen molar-refractivity contribution in [2.24, 2.45) is 0 Å². The zero-order valence-electron chi connectivity index (χ0n) is 9.11. The third-order valence-corrected chi connectivity index (χ3v) is 3.24. The van der Waals surface area contributed by atoms with E-state index in [1.54, 1.807) is 12.5 Å². The smallest absolute Gasteiger partial charge is 0.111 e. The van der Waals surface area contributed by atoms with Gasteiger partial charge in [-0.3, -0.25) is 0 Å². The lowest BCUT2D eigenvalue weighted by Crippen LogP contribution is -2.36. The Kier molecular flexibility index (Phi) is 3.12. The van der Waals surface area contributed by atoms with Crippen LogP contribution < -0.4 is 0 Å². The van der Waals surface area contributed by atoms with Gasteiger partial charge in [-0.1, -0.05) is 12.8 Å². The van der Waals surface area contributed by atoms with Crippen LogP contribution in [0.25, 0.3) is 0 Å². The second-order valence-electron chi connectivity index (χ2n) is 4.16. The van der Waals surface area contributed by atoms with E-state index < -0.39 is 6.10 Å². The summed E-state index contributed by atoms with van der Waals surface area (Å²) in [4.78, 5) is 0. The van der Waals surface area contributed by atoms with Gasteiger partial charge >= 0.3 is 0 Å². The van der Waals surface area contributed by atoms with E-state index in [9.17, 15) is 5.11 Å². The van der Waals surface area contributed by atoms with Crippen LogP contribution in [-0.2, 0) is 4.74 Å². The fourth-order valence-electron chi connectivity index (χ4n) is 2.49. The highest BCUT2D eigenvalue weighted by Gasteiger charge is 2.42. The highest BCUT2D eigenvalue weighted by atomic mass is 16.5. The number of rotatable bonds is 4. The van der Waals surface area contributed by atoms with Gasteiger partial charge in [0.05, 0.1) is 18.1 Å². The summed E-state index contributed by atoms with van der Waals surface area (Å²) < 4.78 is 10.8. The summed E-state index contributed by atoms with van der Waals surface area (Å²) in [5, 5.41) is 10.3. The van der Waals surface area contributed by atoms with Crippen molar-refractivity contribution in [1.82, 2.24) is 0 Å². The van der Waals surface area contributed by atoms with Crippen LogP contribution in [0.3, 0.4) is 0 Å². The number of hydrogen-bond donors (Lipinski definition) is 1. The van der Waals surface area contributed by atoms with Crippen LogP contribution >= 0.6 is 0 Å². The number of furan rings is 1. The first-order valence-electron chi connectivity index (χ1n) is 5.62. The van der Waals surface area contributed by atoms with Gasteiger partial charge in [0.1, 0.15) is 6.10 Å². The predicted molar refractivity (Wildman–Crippen MR) is 56.5 cm³/mol. The summed E-state index contributed by atoms with van der Waals surface area (Å²) in [5.74, 6) is 0.